The lowest BCUT2D eigenvalue weighted by Gasteiger charge is -2.16. The highest BCUT2D eigenvalue weighted by molar-refractivity contribution is 7.99. The van der Waals surface area contributed by atoms with Gasteiger partial charge in [-0.25, -0.2) is 0 Å². The van der Waals surface area contributed by atoms with Gasteiger partial charge in [0.2, 0.25) is 0 Å². The van der Waals surface area contributed by atoms with Crippen LogP contribution in [0.2, 0.25) is 0 Å². The van der Waals surface area contributed by atoms with E-state index in [1.54, 1.807) is 0 Å². The van der Waals surface area contributed by atoms with Gasteiger partial charge in [0.1, 0.15) is 0 Å². The van der Waals surface area contributed by atoms with Gasteiger partial charge in [0, 0.05) is 23.6 Å². The summed E-state index contributed by atoms with van der Waals surface area (Å²) in [5.74, 6) is 2.04. The van der Waals surface area contributed by atoms with E-state index in [1.165, 1.54) is 18.6 Å². The van der Waals surface area contributed by atoms with E-state index in [0.717, 1.165) is 17.7 Å². The average Bonchev–Trinajstić information content (AvgIpc) is 2.12. The standard InChI is InChI=1S/C12H27NS/c1-6-7-11(4)13-8-9-14-12(5)10(2)3/h10-13H,6-9H2,1-5H3. The van der Waals surface area contributed by atoms with Crippen LogP contribution in [0.15, 0.2) is 0 Å². The lowest BCUT2D eigenvalue weighted by Crippen LogP contribution is -2.28. The number of hydrogen-bond acceptors (Lipinski definition) is 2. The molecule has 2 atom stereocenters. The van der Waals surface area contributed by atoms with Crippen LogP contribution in [0.1, 0.15) is 47.5 Å². The third-order valence-corrected chi connectivity index (χ3v) is 4.15. The zero-order chi connectivity index (χ0) is 11.0. The van der Waals surface area contributed by atoms with E-state index < -0.39 is 0 Å². The number of thioether (sulfide) groups is 1. The quantitative estimate of drug-likeness (QED) is 0.624. The Morgan fingerprint density at radius 1 is 1.14 bits per heavy atom. The Hall–Kier alpha value is 0.310. The van der Waals surface area contributed by atoms with Gasteiger partial charge in [0.15, 0.2) is 0 Å². The first-order chi connectivity index (χ1) is 6.57. The highest BCUT2D eigenvalue weighted by Crippen LogP contribution is 2.17. The van der Waals surface area contributed by atoms with Crippen LogP contribution in [-0.2, 0) is 0 Å². The Bertz CT molecular complexity index is 125. The SMILES string of the molecule is CCCC(C)NCCSC(C)C(C)C. The molecule has 0 aromatic heterocycles. The minimum absolute atomic E-state index is 0.690. The van der Waals surface area contributed by atoms with Gasteiger partial charge in [-0.2, -0.15) is 11.8 Å². The summed E-state index contributed by atoms with van der Waals surface area (Å²) in [5.41, 5.74) is 0. The predicted molar refractivity (Wildman–Crippen MR) is 69.1 cm³/mol. The van der Waals surface area contributed by atoms with Crippen molar-refractivity contribution in [1.82, 2.24) is 5.32 Å². The molecule has 1 nitrogen and oxygen atoms in total. The summed E-state index contributed by atoms with van der Waals surface area (Å²) >= 11 is 2.08. The molecule has 86 valence electrons. The molecule has 1 N–H and O–H groups in total. The second kappa shape index (κ2) is 8.60. The van der Waals surface area contributed by atoms with E-state index in [9.17, 15) is 0 Å². The summed E-state index contributed by atoms with van der Waals surface area (Å²) in [6.45, 7) is 12.6. The minimum Gasteiger partial charge on any atom is -0.313 e. The van der Waals surface area contributed by atoms with Gasteiger partial charge in [0.05, 0.1) is 0 Å². The van der Waals surface area contributed by atoms with Crippen LogP contribution in [0.25, 0.3) is 0 Å². The lowest BCUT2D eigenvalue weighted by atomic mass is 10.2. The summed E-state index contributed by atoms with van der Waals surface area (Å²) in [5, 5.41) is 4.35. The van der Waals surface area contributed by atoms with Crippen molar-refractivity contribution in [3.05, 3.63) is 0 Å². The van der Waals surface area contributed by atoms with Crippen molar-refractivity contribution in [2.45, 2.75) is 58.8 Å². The van der Waals surface area contributed by atoms with Crippen LogP contribution in [-0.4, -0.2) is 23.6 Å². The second-order valence-electron chi connectivity index (χ2n) is 4.46. The van der Waals surface area contributed by atoms with Gasteiger partial charge < -0.3 is 5.32 Å². The van der Waals surface area contributed by atoms with E-state index in [4.69, 9.17) is 0 Å². The van der Waals surface area contributed by atoms with E-state index in [2.05, 4.69) is 51.7 Å². The molecule has 14 heavy (non-hydrogen) atoms. The molecule has 0 aliphatic carbocycles. The summed E-state index contributed by atoms with van der Waals surface area (Å²) in [7, 11) is 0. The molecule has 0 aliphatic heterocycles. The maximum Gasteiger partial charge on any atom is 0.00609 e. The molecule has 0 aromatic rings. The van der Waals surface area contributed by atoms with Crippen molar-refractivity contribution >= 4 is 11.8 Å². The lowest BCUT2D eigenvalue weighted by molar-refractivity contribution is 0.526. The third-order valence-electron chi connectivity index (χ3n) is 2.64. The topological polar surface area (TPSA) is 12.0 Å². The Morgan fingerprint density at radius 3 is 2.29 bits per heavy atom. The normalized spacial score (nSPS) is 15.9. The Kier molecular flexibility index (Phi) is 8.80. The molecule has 0 radical (unpaired) electrons. The van der Waals surface area contributed by atoms with Crippen molar-refractivity contribution < 1.29 is 0 Å². The molecule has 0 saturated heterocycles. The molecule has 2 unspecified atom stereocenters. The van der Waals surface area contributed by atoms with Crippen molar-refractivity contribution in [3.63, 3.8) is 0 Å². The largest absolute Gasteiger partial charge is 0.313 e. The number of nitrogens with one attached hydrogen (secondary N) is 1. The third kappa shape index (κ3) is 7.69. The molecule has 0 rings (SSSR count). The van der Waals surface area contributed by atoms with Gasteiger partial charge >= 0.3 is 0 Å². The summed E-state index contributed by atoms with van der Waals surface area (Å²) in [6, 6.07) is 0.690. The van der Waals surface area contributed by atoms with Crippen molar-refractivity contribution in [2.24, 2.45) is 5.92 Å². The zero-order valence-electron chi connectivity index (χ0n) is 10.5. The average molecular weight is 217 g/mol. The molecular weight excluding hydrogens is 190 g/mol. The predicted octanol–water partition coefficient (Wildman–Crippen LogP) is 3.54. The van der Waals surface area contributed by atoms with Crippen LogP contribution >= 0.6 is 11.8 Å². The molecule has 0 heterocycles. The van der Waals surface area contributed by atoms with E-state index in [1.807, 2.05) is 0 Å². The second-order valence-corrected chi connectivity index (χ2v) is 5.95. The van der Waals surface area contributed by atoms with Gasteiger partial charge in [-0.3, -0.25) is 0 Å². The summed E-state index contributed by atoms with van der Waals surface area (Å²) < 4.78 is 0. The van der Waals surface area contributed by atoms with Crippen LogP contribution < -0.4 is 5.32 Å². The Balaban J connectivity index is 3.28. The fraction of sp³-hybridized carbons (Fsp3) is 1.00. The van der Waals surface area contributed by atoms with Crippen molar-refractivity contribution in [3.8, 4) is 0 Å². The fourth-order valence-corrected chi connectivity index (χ4v) is 2.27. The number of rotatable bonds is 8. The van der Waals surface area contributed by atoms with E-state index in [0.29, 0.717) is 6.04 Å². The molecule has 0 bridgehead atoms. The molecule has 0 saturated carbocycles. The molecule has 0 aromatic carbocycles. The van der Waals surface area contributed by atoms with E-state index in [-0.39, 0.29) is 0 Å². The molecule has 0 aliphatic rings. The van der Waals surface area contributed by atoms with Gasteiger partial charge in [-0.05, 0) is 19.3 Å². The van der Waals surface area contributed by atoms with Crippen LogP contribution in [0.4, 0.5) is 0 Å². The van der Waals surface area contributed by atoms with Gasteiger partial charge in [0.25, 0.3) is 0 Å². The Labute approximate surface area is 94.4 Å². The Morgan fingerprint density at radius 2 is 1.79 bits per heavy atom. The first kappa shape index (κ1) is 14.3. The molecule has 0 spiro atoms. The summed E-state index contributed by atoms with van der Waals surface area (Å²) in [4.78, 5) is 0. The van der Waals surface area contributed by atoms with Gasteiger partial charge in [-0.1, -0.05) is 34.1 Å². The monoisotopic (exact) mass is 217 g/mol. The smallest absolute Gasteiger partial charge is 0.00609 e. The van der Waals surface area contributed by atoms with Crippen molar-refractivity contribution in [1.29, 1.82) is 0 Å². The first-order valence-corrected chi connectivity index (χ1v) is 6.97. The molecule has 2 heteroatoms. The maximum absolute atomic E-state index is 3.56. The number of hydrogen-bond donors (Lipinski definition) is 1. The first-order valence-electron chi connectivity index (χ1n) is 5.92. The zero-order valence-corrected chi connectivity index (χ0v) is 11.3. The molecule has 0 amide bonds. The maximum atomic E-state index is 3.56. The van der Waals surface area contributed by atoms with E-state index >= 15 is 0 Å². The highest BCUT2D eigenvalue weighted by Gasteiger charge is 2.06. The fourth-order valence-electron chi connectivity index (χ4n) is 1.28. The summed E-state index contributed by atoms with van der Waals surface area (Å²) in [6.07, 6.45) is 2.58. The molecular formula is C12H27NS. The van der Waals surface area contributed by atoms with Gasteiger partial charge in [-0.15, -0.1) is 0 Å². The van der Waals surface area contributed by atoms with Crippen LogP contribution in [0.3, 0.4) is 0 Å². The van der Waals surface area contributed by atoms with Crippen LogP contribution in [0, 0.1) is 5.92 Å². The molecule has 0 fully saturated rings. The highest BCUT2D eigenvalue weighted by atomic mass is 32.2. The minimum atomic E-state index is 0.690. The van der Waals surface area contributed by atoms with Crippen molar-refractivity contribution in [2.75, 3.05) is 12.3 Å². The van der Waals surface area contributed by atoms with Crippen LogP contribution in [0.5, 0.6) is 0 Å².